The van der Waals surface area contributed by atoms with Crippen molar-refractivity contribution < 1.29 is 0 Å². The molecule has 0 fully saturated rings. The number of fused-ring (bicyclic) bond motifs is 1. The Labute approximate surface area is 82.2 Å². The maximum absolute atomic E-state index is 8.36. The molecule has 0 aliphatic rings. The lowest BCUT2D eigenvalue weighted by atomic mass is 10.1. The average Bonchev–Trinajstić information content (AvgIpc) is 2.67. The van der Waals surface area contributed by atoms with E-state index in [2.05, 4.69) is 16.8 Å². The van der Waals surface area contributed by atoms with Gasteiger partial charge in [-0.05, 0) is 12.1 Å². The molecule has 0 unspecified atom stereocenters. The number of para-hydroxylation sites is 1. The fourth-order valence-corrected chi connectivity index (χ4v) is 1.37. The fraction of sp³-hybridized carbons (Fsp3) is 0.0833. The number of hydrogen-bond acceptors (Lipinski definition) is 1. The van der Waals surface area contributed by atoms with E-state index < -0.39 is 0 Å². The fourth-order valence-electron chi connectivity index (χ4n) is 1.37. The molecule has 1 N–H and O–H groups in total. The van der Waals surface area contributed by atoms with Gasteiger partial charge in [0.15, 0.2) is 0 Å². The molecule has 1 aromatic heterocycles. The Morgan fingerprint density at radius 3 is 3.07 bits per heavy atom. The number of aromatic amines is 1. The third kappa shape index (κ3) is 1.46. The summed E-state index contributed by atoms with van der Waals surface area (Å²) in [5.74, 6) is 5.77. The molecule has 1 aromatic carbocycles. The van der Waals surface area contributed by atoms with E-state index in [4.69, 9.17) is 5.26 Å². The van der Waals surface area contributed by atoms with Crippen LogP contribution in [-0.4, -0.2) is 4.98 Å². The van der Waals surface area contributed by atoms with Crippen molar-refractivity contribution in [1.29, 1.82) is 5.26 Å². The van der Waals surface area contributed by atoms with Crippen molar-refractivity contribution in [3.8, 4) is 17.9 Å². The number of nitrogens with one attached hydrogen (secondary N) is 1. The van der Waals surface area contributed by atoms with Crippen LogP contribution in [-0.2, 0) is 0 Å². The molecule has 0 saturated heterocycles. The predicted molar refractivity (Wildman–Crippen MR) is 55.4 cm³/mol. The van der Waals surface area contributed by atoms with Crippen LogP contribution in [0.4, 0.5) is 0 Å². The van der Waals surface area contributed by atoms with Gasteiger partial charge in [0.05, 0.1) is 18.0 Å². The van der Waals surface area contributed by atoms with E-state index >= 15 is 0 Å². The standard InChI is InChI=1S/C12H8N2/c13-8-2-1-4-10-5-3-6-11-7-9-14-12(10)11/h3,5-7,9,14H,2H2. The summed E-state index contributed by atoms with van der Waals surface area (Å²) in [6, 6.07) is 9.94. The second kappa shape index (κ2) is 3.68. The van der Waals surface area contributed by atoms with Gasteiger partial charge in [0.1, 0.15) is 0 Å². The van der Waals surface area contributed by atoms with Crippen LogP contribution < -0.4 is 0 Å². The Morgan fingerprint density at radius 1 is 1.29 bits per heavy atom. The van der Waals surface area contributed by atoms with Crippen molar-refractivity contribution in [2.45, 2.75) is 6.42 Å². The molecule has 2 aromatic rings. The van der Waals surface area contributed by atoms with Crippen LogP contribution >= 0.6 is 0 Å². The molecule has 0 saturated carbocycles. The highest BCUT2D eigenvalue weighted by molar-refractivity contribution is 5.85. The van der Waals surface area contributed by atoms with Crippen molar-refractivity contribution in [1.82, 2.24) is 4.98 Å². The first-order chi connectivity index (χ1) is 6.92. The molecule has 66 valence electrons. The maximum Gasteiger partial charge on any atom is 0.0966 e. The summed E-state index contributed by atoms with van der Waals surface area (Å²) < 4.78 is 0. The van der Waals surface area contributed by atoms with E-state index in [0.717, 1.165) is 16.5 Å². The van der Waals surface area contributed by atoms with E-state index in [1.165, 1.54) is 0 Å². The van der Waals surface area contributed by atoms with Gasteiger partial charge in [-0.3, -0.25) is 0 Å². The van der Waals surface area contributed by atoms with Crippen molar-refractivity contribution in [3.63, 3.8) is 0 Å². The van der Waals surface area contributed by atoms with Crippen LogP contribution in [0.15, 0.2) is 30.5 Å². The summed E-state index contributed by atoms with van der Waals surface area (Å²) >= 11 is 0. The monoisotopic (exact) mass is 180 g/mol. The molecular formula is C12H8N2. The van der Waals surface area contributed by atoms with Gasteiger partial charge in [-0.2, -0.15) is 5.26 Å². The smallest absolute Gasteiger partial charge is 0.0966 e. The van der Waals surface area contributed by atoms with Gasteiger partial charge in [0, 0.05) is 17.1 Å². The summed E-state index contributed by atoms with van der Waals surface area (Å²) in [4.78, 5) is 3.13. The summed E-state index contributed by atoms with van der Waals surface area (Å²) in [5.41, 5.74) is 1.99. The zero-order chi connectivity index (χ0) is 9.80. The van der Waals surface area contributed by atoms with Gasteiger partial charge < -0.3 is 4.98 Å². The predicted octanol–water partition coefficient (Wildman–Crippen LogP) is 2.43. The molecule has 0 aliphatic carbocycles. The van der Waals surface area contributed by atoms with Crippen LogP contribution in [0.1, 0.15) is 12.0 Å². The highest BCUT2D eigenvalue weighted by Crippen LogP contribution is 2.15. The minimum Gasteiger partial charge on any atom is -0.360 e. The highest BCUT2D eigenvalue weighted by atomic mass is 14.7. The van der Waals surface area contributed by atoms with Gasteiger partial charge >= 0.3 is 0 Å². The maximum atomic E-state index is 8.36. The normalized spacial score (nSPS) is 9.07. The van der Waals surface area contributed by atoms with E-state index in [1.807, 2.05) is 36.5 Å². The van der Waals surface area contributed by atoms with Crippen molar-refractivity contribution in [2.75, 3.05) is 0 Å². The van der Waals surface area contributed by atoms with Gasteiger partial charge in [-0.1, -0.05) is 24.0 Å². The zero-order valence-corrected chi connectivity index (χ0v) is 7.54. The van der Waals surface area contributed by atoms with Crippen LogP contribution in [0.3, 0.4) is 0 Å². The van der Waals surface area contributed by atoms with E-state index in [9.17, 15) is 0 Å². The topological polar surface area (TPSA) is 39.6 Å². The number of nitrogens with zero attached hydrogens (tertiary/aromatic N) is 1. The summed E-state index contributed by atoms with van der Waals surface area (Å²) in [6.07, 6.45) is 2.16. The Bertz CT molecular complexity index is 547. The van der Waals surface area contributed by atoms with Crippen LogP contribution in [0, 0.1) is 23.2 Å². The Balaban J connectivity index is 2.49. The first kappa shape index (κ1) is 8.41. The van der Waals surface area contributed by atoms with E-state index in [1.54, 1.807) is 0 Å². The minimum absolute atomic E-state index is 0.275. The molecule has 14 heavy (non-hydrogen) atoms. The molecule has 0 amide bonds. The molecule has 2 heteroatoms. The average molecular weight is 180 g/mol. The van der Waals surface area contributed by atoms with E-state index in [0.29, 0.717) is 0 Å². The first-order valence-electron chi connectivity index (χ1n) is 4.34. The number of rotatable bonds is 0. The van der Waals surface area contributed by atoms with Crippen molar-refractivity contribution >= 4 is 10.9 Å². The van der Waals surface area contributed by atoms with Gasteiger partial charge in [0.25, 0.3) is 0 Å². The number of hydrogen-bond donors (Lipinski definition) is 1. The number of H-pyrrole nitrogens is 1. The van der Waals surface area contributed by atoms with Crippen molar-refractivity contribution in [2.24, 2.45) is 0 Å². The summed E-state index contributed by atoms with van der Waals surface area (Å²) in [6.45, 7) is 0. The quantitative estimate of drug-likeness (QED) is 0.621. The summed E-state index contributed by atoms with van der Waals surface area (Å²) in [7, 11) is 0. The summed E-state index contributed by atoms with van der Waals surface area (Å²) in [5, 5.41) is 9.50. The first-order valence-corrected chi connectivity index (χ1v) is 4.34. The third-order valence-corrected chi connectivity index (χ3v) is 1.98. The number of aromatic nitrogens is 1. The van der Waals surface area contributed by atoms with Crippen LogP contribution in [0.5, 0.6) is 0 Å². The SMILES string of the molecule is N#CCC#Cc1cccc2cc[nH]c12. The van der Waals surface area contributed by atoms with Crippen molar-refractivity contribution in [3.05, 3.63) is 36.0 Å². The largest absolute Gasteiger partial charge is 0.360 e. The Morgan fingerprint density at radius 2 is 2.21 bits per heavy atom. The second-order valence-electron chi connectivity index (χ2n) is 2.88. The molecule has 0 spiro atoms. The molecule has 0 aliphatic heterocycles. The van der Waals surface area contributed by atoms with Crippen LogP contribution in [0.2, 0.25) is 0 Å². The molecule has 0 atom stereocenters. The molecule has 0 bridgehead atoms. The Kier molecular flexibility index (Phi) is 2.21. The lowest BCUT2D eigenvalue weighted by Crippen LogP contribution is -1.76. The lowest BCUT2D eigenvalue weighted by molar-refractivity contribution is 1.39. The third-order valence-electron chi connectivity index (χ3n) is 1.98. The van der Waals surface area contributed by atoms with Gasteiger partial charge in [-0.25, -0.2) is 0 Å². The molecule has 1 heterocycles. The van der Waals surface area contributed by atoms with Gasteiger partial charge in [-0.15, -0.1) is 0 Å². The number of nitriles is 1. The molecule has 2 nitrogen and oxygen atoms in total. The van der Waals surface area contributed by atoms with Crippen LogP contribution in [0.25, 0.3) is 10.9 Å². The lowest BCUT2D eigenvalue weighted by Gasteiger charge is -1.92. The highest BCUT2D eigenvalue weighted by Gasteiger charge is 1.96. The molecular weight excluding hydrogens is 172 g/mol. The second-order valence-corrected chi connectivity index (χ2v) is 2.88. The van der Waals surface area contributed by atoms with Gasteiger partial charge in [0.2, 0.25) is 0 Å². The Hall–Kier alpha value is -2.19. The minimum atomic E-state index is 0.275. The van der Waals surface area contributed by atoms with E-state index in [-0.39, 0.29) is 6.42 Å². The number of benzene rings is 1. The molecule has 2 rings (SSSR count). The zero-order valence-electron chi connectivity index (χ0n) is 7.54. The molecule has 0 radical (unpaired) electrons.